The minimum Gasteiger partial charge on any atom is -0.496 e. The molecule has 0 spiro atoms. The Morgan fingerprint density at radius 2 is 2.05 bits per heavy atom. The third kappa shape index (κ3) is 3.54. The molecule has 1 aromatic rings. The summed E-state index contributed by atoms with van der Waals surface area (Å²) in [5, 5.41) is 0. The van der Waals surface area contributed by atoms with Crippen molar-refractivity contribution in [1.82, 2.24) is 4.90 Å². The maximum Gasteiger partial charge on any atom is 0.125 e. The quantitative estimate of drug-likeness (QED) is 0.677. The lowest BCUT2D eigenvalue weighted by molar-refractivity contribution is 0.267. The molecule has 1 aliphatic rings. The van der Waals surface area contributed by atoms with Crippen LogP contribution >= 0.6 is 0 Å². The summed E-state index contributed by atoms with van der Waals surface area (Å²) in [6, 6.07) is 5.91. The van der Waals surface area contributed by atoms with Gasteiger partial charge >= 0.3 is 0 Å². The highest BCUT2D eigenvalue weighted by Crippen LogP contribution is 2.31. The van der Waals surface area contributed by atoms with E-state index < -0.39 is 0 Å². The van der Waals surface area contributed by atoms with E-state index in [9.17, 15) is 0 Å². The molecule has 0 saturated heterocycles. The Hall–Kier alpha value is -1.48. The summed E-state index contributed by atoms with van der Waals surface area (Å²) in [5.41, 5.74) is 9.62. The molecule has 3 nitrogen and oxygen atoms in total. The molecule has 0 aliphatic carbocycles. The van der Waals surface area contributed by atoms with Gasteiger partial charge in [0, 0.05) is 37.0 Å². The normalized spacial score (nSPS) is 16.9. The van der Waals surface area contributed by atoms with Gasteiger partial charge in [-0.2, -0.15) is 0 Å². The lowest BCUT2D eigenvalue weighted by atomic mass is 9.83. The number of anilines is 1. The third-order valence-electron chi connectivity index (χ3n) is 3.96. The van der Waals surface area contributed by atoms with Crippen LogP contribution in [0.25, 0.3) is 0 Å². The lowest BCUT2D eigenvalue weighted by Gasteiger charge is -2.32. The molecule has 2 rings (SSSR count). The summed E-state index contributed by atoms with van der Waals surface area (Å²) < 4.78 is 5.42. The summed E-state index contributed by atoms with van der Waals surface area (Å²) in [4.78, 5) is 2.45. The highest BCUT2D eigenvalue weighted by molar-refractivity contribution is 5.48. The number of ether oxygens (including phenoxy) is 1. The number of nitrogens with two attached hydrogens (primary N) is 1. The van der Waals surface area contributed by atoms with Crippen molar-refractivity contribution in [3.63, 3.8) is 0 Å². The van der Waals surface area contributed by atoms with Gasteiger partial charge in [-0.05, 0) is 17.9 Å². The second kappa shape index (κ2) is 5.88. The van der Waals surface area contributed by atoms with Crippen molar-refractivity contribution in [3.8, 4) is 5.75 Å². The maximum absolute atomic E-state index is 5.80. The maximum atomic E-state index is 5.80. The van der Waals surface area contributed by atoms with Gasteiger partial charge < -0.3 is 10.5 Å². The molecule has 1 aliphatic heterocycles. The molecule has 0 bridgehead atoms. The van der Waals surface area contributed by atoms with Crippen LogP contribution in [0.5, 0.6) is 5.75 Å². The smallest absolute Gasteiger partial charge is 0.125 e. The van der Waals surface area contributed by atoms with E-state index in [-0.39, 0.29) is 0 Å². The van der Waals surface area contributed by atoms with E-state index in [1.54, 1.807) is 12.7 Å². The standard InChI is InChI=1S/C17H26N2O/c1-17(2,3)14-7-9-19(10-8-14)12-13-5-6-15(18)11-16(13)20-4/h5-7,11H,8-10,12,18H2,1-4H3. The molecule has 0 radical (unpaired) electrons. The van der Waals surface area contributed by atoms with Crippen LogP contribution in [-0.4, -0.2) is 25.1 Å². The molecule has 0 unspecified atom stereocenters. The molecule has 0 aromatic heterocycles. The number of hydrogen-bond acceptors (Lipinski definition) is 3. The van der Waals surface area contributed by atoms with E-state index >= 15 is 0 Å². The first-order valence-corrected chi connectivity index (χ1v) is 7.24. The van der Waals surface area contributed by atoms with Crippen molar-refractivity contribution in [2.24, 2.45) is 5.41 Å². The molecule has 110 valence electrons. The largest absolute Gasteiger partial charge is 0.496 e. The van der Waals surface area contributed by atoms with Gasteiger partial charge in [0.25, 0.3) is 0 Å². The minimum atomic E-state index is 0.297. The molecule has 1 heterocycles. The first-order chi connectivity index (χ1) is 9.40. The first kappa shape index (κ1) is 14.9. The molecule has 20 heavy (non-hydrogen) atoms. The van der Waals surface area contributed by atoms with E-state index in [1.807, 2.05) is 12.1 Å². The van der Waals surface area contributed by atoms with E-state index in [1.165, 1.54) is 5.56 Å². The van der Waals surface area contributed by atoms with Crippen molar-refractivity contribution in [2.75, 3.05) is 25.9 Å². The first-order valence-electron chi connectivity index (χ1n) is 7.24. The summed E-state index contributed by atoms with van der Waals surface area (Å²) in [5.74, 6) is 0.885. The summed E-state index contributed by atoms with van der Waals surface area (Å²) in [7, 11) is 1.70. The number of rotatable bonds is 3. The predicted molar refractivity (Wildman–Crippen MR) is 84.8 cm³/mol. The molecular formula is C17H26N2O. The SMILES string of the molecule is COc1cc(N)ccc1CN1CC=C(C(C)(C)C)CC1. The molecule has 2 N–H and O–H groups in total. The van der Waals surface area contributed by atoms with E-state index in [2.05, 4.69) is 37.8 Å². The number of methoxy groups -OCH3 is 1. The van der Waals surface area contributed by atoms with Gasteiger partial charge in [0.2, 0.25) is 0 Å². The van der Waals surface area contributed by atoms with E-state index in [4.69, 9.17) is 10.5 Å². The van der Waals surface area contributed by atoms with Crippen molar-refractivity contribution < 1.29 is 4.74 Å². The van der Waals surface area contributed by atoms with Gasteiger partial charge in [0.1, 0.15) is 5.75 Å². The molecule has 1 aromatic carbocycles. The van der Waals surface area contributed by atoms with Crippen LogP contribution in [0.2, 0.25) is 0 Å². The summed E-state index contributed by atoms with van der Waals surface area (Å²) >= 11 is 0. The van der Waals surface area contributed by atoms with Crippen molar-refractivity contribution >= 4 is 5.69 Å². The molecule has 0 saturated carbocycles. The van der Waals surface area contributed by atoms with Gasteiger partial charge in [-0.25, -0.2) is 0 Å². The zero-order valence-corrected chi connectivity index (χ0v) is 13.1. The zero-order valence-electron chi connectivity index (χ0n) is 13.1. The van der Waals surface area contributed by atoms with Crippen molar-refractivity contribution in [2.45, 2.75) is 33.7 Å². The third-order valence-corrected chi connectivity index (χ3v) is 3.96. The fourth-order valence-electron chi connectivity index (χ4n) is 2.67. The molecular weight excluding hydrogens is 248 g/mol. The zero-order chi connectivity index (χ0) is 14.8. The second-order valence-corrected chi connectivity index (χ2v) is 6.54. The Morgan fingerprint density at radius 1 is 1.30 bits per heavy atom. The van der Waals surface area contributed by atoms with E-state index in [0.717, 1.165) is 37.5 Å². The van der Waals surface area contributed by atoms with Crippen LogP contribution in [0.3, 0.4) is 0 Å². The van der Waals surface area contributed by atoms with Crippen LogP contribution in [0.4, 0.5) is 5.69 Å². The Morgan fingerprint density at radius 3 is 2.60 bits per heavy atom. The number of hydrogen-bond donors (Lipinski definition) is 1. The number of benzene rings is 1. The van der Waals surface area contributed by atoms with E-state index in [0.29, 0.717) is 5.41 Å². The average Bonchev–Trinajstić information content (AvgIpc) is 2.40. The second-order valence-electron chi connectivity index (χ2n) is 6.54. The minimum absolute atomic E-state index is 0.297. The summed E-state index contributed by atoms with van der Waals surface area (Å²) in [6.07, 6.45) is 3.54. The fourth-order valence-corrected chi connectivity index (χ4v) is 2.67. The van der Waals surface area contributed by atoms with Crippen LogP contribution in [0.1, 0.15) is 32.8 Å². The van der Waals surface area contributed by atoms with Gasteiger partial charge in [0.15, 0.2) is 0 Å². The molecule has 0 fully saturated rings. The van der Waals surface area contributed by atoms with Gasteiger partial charge in [0.05, 0.1) is 7.11 Å². The average molecular weight is 274 g/mol. The highest BCUT2D eigenvalue weighted by Gasteiger charge is 2.21. The van der Waals surface area contributed by atoms with Crippen LogP contribution in [-0.2, 0) is 6.54 Å². The topological polar surface area (TPSA) is 38.5 Å². The Bertz CT molecular complexity index is 500. The fraction of sp³-hybridized carbons (Fsp3) is 0.529. The van der Waals surface area contributed by atoms with Gasteiger partial charge in [-0.15, -0.1) is 0 Å². The number of nitrogens with zero attached hydrogens (tertiary/aromatic N) is 1. The van der Waals surface area contributed by atoms with Crippen LogP contribution < -0.4 is 10.5 Å². The monoisotopic (exact) mass is 274 g/mol. The molecule has 0 atom stereocenters. The Labute approximate surface area is 122 Å². The molecule has 0 amide bonds. The van der Waals surface area contributed by atoms with Crippen molar-refractivity contribution in [3.05, 3.63) is 35.4 Å². The van der Waals surface area contributed by atoms with Crippen molar-refractivity contribution in [1.29, 1.82) is 0 Å². The van der Waals surface area contributed by atoms with Crippen LogP contribution in [0, 0.1) is 5.41 Å². The van der Waals surface area contributed by atoms with Gasteiger partial charge in [-0.1, -0.05) is 38.5 Å². The molecule has 3 heteroatoms. The predicted octanol–water partition coefficient (Wildman–Crippen LogP) is 3.46. The Balaban J connectivity index is 2.05. The van der Waals surface area contributed by atoms with Gasteiger partial charge in [-0.3, -0.25) is 4.90 Å². The summed E-state index contributed by atoms with van der Waals surface area (Å²) in [6.45, 7) is 9.90. The Kier molecular flexibility index (Phi) is 4.39. The number of nitrogen functional groups attached to an aromatic ring is 1. The van der Waals surface area contributed by atoms with Crippen LogP contribution in [0.15, 0.2) is 29.8 Å². The lowest BCUT2D eigenvalue weighted by Crippen LogP contribution is -2.31. The highest BCUT2D eigenvalue weighted by atomic mass is 16.5.